The molecule has 0 aromatic heterocycles. The minimum atomic E-state index is -0.526. The number of nitrogens with zero attached hydrogens (tertiary/aromatic N) is 2. The zero-order valence-electron chi connectivity index (χ0n) is 14.5. The summed E-state index contributed by atoms with van der Waals surface area (Å²) in [4.78, 5) is 22.4. The molecule has 0 aliphatic carbocycles. The number of carbonyl (C=O) groups is 1. The van der Waals surface area contributed by atoms with Crippen LogP contribution in [0.15, 0.2) is 47.6 Å². The molecule has 1 N–H and O–H groups in total. The van der Waals surface area contributed by atoms with E-state index in [9.17, 15) is 14.9 Å². The number of rotatable bonds is 8. The summed E-state index contributed by atoms with van der Waals surface area (Å²) in [5.41, 5.74) is 3.20. The van der Waals surface area contributed by atoms with E-state index >= 15 is 0 Å². The molecule has 0 aliphatic heterocycles. The zero-order valence-corrected chi connectivity index (χ0v) is 14.5. The average Bonchev–Trinajstić information content (AvgIpc) is 2.67. The lowest BCUT2D eigenvalue weighted by Crippen LogP contribution is -2.20. The van der Waals surface area contributed by atoms with Crippen LogP contribution in [0.3, 0.4) is 0 Å². The first-order valence-corrected chi connectivity index (χ1v) is 7.83. The van der Waals surface area contributed by atoms with Gasteiger partial charge in [0.25, 0.3) is 5.69 Å². The normalized spacial score (nSPS) is 10.2. The standard InChI is InChI=1S/C19H17N3O5/c1-3-10-27-17-9-8-14(11-18(17)26-2)13-20-21-19(23)12-15-6-4-5-7-16(15)22(24)25/h1,4-9,11,13H,10,12H2,2H3,(H,21,23)/b20-13+. The number of nitro groups is 1. The second-order valence-corrected chi connectivity index (χ2v) is 5.26. The van der Waals surface area contributed by atoms with Gasteiger partial charge in [0, 0.05) is 11.6 Å². The smallest absolute Gasteiger partial charge is 0.273 e. The van der Waals surface area contributed by atoms with Gasteiger partial charge in [-0.15, -0.1) is 6.42 Å². The van der Waals surface area contributed by atoms with Crippen LogP contribution in [-0.4, -0.2) is 30.8 Å². The van der Waals surface area contributed by atoms with Gasteiger partial charge in [0.1, 0.15) is 6.61 Å². The van der Waals surface area contributed by atoms with Crippen molar-refractivity contribution in [2.45, 2.75) is 6.42 Å². The van der Waals surface area contributed by atoms with Crippen molar-refractivity contribution in [1.29, 1.82) is 0 Å². The van der Waals surface area contributed by atoms with Gasteiger partial charge < -0.3 is 9.47 Å². The number of hydrogen-bond acceptors (Lipinski definition) is 6. The van der Waals surface area contributed by atoms with Crippen molar-refractivity contribution in [2.24, 2.45) is 5.10 Å². The molecule has 0 aliphatic rings. The van der Waals surface area contributed by atoms with Crippen LogP contribution in [0.1, 0.15) is 11.1 Å². The highest BCUT2D eigenvalue weighted by Crippen LogP contribution is 2.27. The number of terminal acetylenes is 1. The van der Waals surface area contributed by atoms with Crippen LogP contribution in [-0.2, 0) is 11.2 Å². The van der Waals surface area contributed by atoms with E-state index in [0.29, 0.717) is 22.6 Å². The van der Waals surface area contributed by atoms with Gasteiger partial charge in [0.05, 0.1) is 24.7 Å². The summed E-state index contributed by atoms with van der Waals surface area (Å²) >= 11 is 0. The second-order valence-electron chi connectivity index (χ2n) is 5.26. The van der Waals surface area contributed by atoms with E-state index in [1.165, 1.54) is 25.5 Å². The largest absolute Gasteiger partial charge is 0.493 e. The molecule has 0 heterocycles. The summed E-state index contributed by atoms with van der Waals surface area (Å²) in [6.45, 7) is 0.117. The summed E-state index contributed by atoms with van der Waals surface area (Å²) in [6.07, 6.45) is 6.42. The molecule has 0 saturated heterocycles. The first-order valence-electron chi connectivity index (χ1n) is 7.83. The summed E-state index contributed by atoms with van der Waals surface area (Å²) < 4.78 is 10.6. The van der Waals surface area contributed by atoms with Crippen molar-refractivity contribution in [3.05, 3.63) is 63.7 Å². The summed E-state index contributed by atoms with van der Waals surface area (Å²) in [5, 5.41) is 14.8. The molecule has 2 aromatic carbocycles. The van der Waals surface area contributed by atoms with Crippen molar-refractivity contribution in [1.82, 2.24) is 5.43 Å². The Labute approximate surface area is 155 Å². The van der Waals surface area contributed by atoms with E-state index in [1.54, 1.807) is 30.3 Å². The quantitative estimate of drug-likeness (QED) is 0.334. The fraction of sp³-hybridized carbons (Fsp3) is 0.158. The third-order valence-electron chi connectivity index (χ3n) is 3.44. The molecule has 8 nitrogen and oxygen atoms in total. The second kappa shape index (κ2) is 9.58. The molecule has 2 aromatic rings. The number of ether oxygens (including phenoxy) is 2. The molecular weight excluding hydrogens is 350 g/mol. The van der Waals surface area contributed by atoms with Crippen LogP contribution >= 0.6 is 0 Å². The number of benzene rings is 2. The number of para-hydroxylation sites is 1. The SMILES string of the molecule is C#CCOc1ccc(/C=N/NC(=O)Cc2ccccc2[N+](=O)[O-])cc1OC. The topological polar surface area (TPSA) is 103 Å². The van der Waals surface area contributed by atoms with Gasteiger partial charge in [-0.25, -0.2) is 5.43 Å². The maximum absolute atomic E-state index is 12.0. The van der Waals surface area contributed by atoms with Gasteiger partial charge in [-0.2, -0.15) is 5.10 Å². The molecule has 2 rings (SSSR count). The Hall–Kier alpha value is -3.86. The highest BCUT2D eigenvalue weighted by atomic mass is 16.6. The lowest BCUT2D eigenvalue weighted by molar-refractivity contribution is -0.385. The van der Waals surface area contributed by atoms with E-state index in [4.69, 9.17) is 15.9 Å². The summed E-state index contributed by atoms with van der Waals surface area (Å²) in [6, 6.07) is 11.1. The lowest BCUT2D eigenvalue weighted by Gasteiger charge is -2.09. The number of nitrogens with one attached hydrogen (secondary N) is 1. The van der Waals surface area contributed by atoms with E-state index in [-0.39, 0.29) is 18.7 Å². The number of hydrazone groups is 1. The Bertz CT molecular complexity index is 902. The molecule has 0 bridgehead atoms. The number of hydrogen-bond donors (Lipinski definition) is 1. The molecular formula is C19H17N3O5. The predicted molar refractivity (Wildman–Crippen MR) is 99.9 cm³/mol. The maximum Gasteiger partial charge on any atom is 0.273 e. The van der Waals surface area contributed by atoms with Crippen LogP contribution < -0.4 is 14.9 Å². The molecule has 27 heavy (non-hydrogen) atoms. The van der Waals surface area contributed by atoms with E-state index in [2.05, 4.69) is 16.4 Å². The fourth-order valence-corrected chi connectivity index (χ4v) is 2.23. The van der Waals surface area contributed by atoms with Crippen molar-refractivity contribution in [2.75, 3.05) is 13.7 Å². The first-order chi connectivity index (χ1) is 13.0. The molecule has 8 heteroatoms. The minimum absolute atomic E-state index is 0.107. The number of methoxy groups -OCH3 is 1. The van der Waals surface area contributed by atoms with Crippen LogP contribution in [0, 0.1) is 22.5 Å². The highest BCUT2D eigenvalue weighted by Gasteiger charge is 2.15. The third kappa shape index (κ3) is 5.57. The van der Waals surface area contributed by atoms with Crippen molar-refractivity contribution < 1.29 is 19.2 Å². The summed E-state index contributed by atoms with van der Waals surface area (Å²) in [5.74, 6) is 2.86. The Morgan fingerprint density at radius 1 is 1.33 bits per heavy atom. The van der Waals surface area contributed by atoms with E-state index < -0.39 is 10.8 Å². The van der Waals surface area contributed by atoms with Gasteiger partial charge >= 0.3 is 0 Å². The minimum Gasteiger partial charge on any atom is -0.493 e. The number of amides is 1. The molecule has 0 fully saturated rings. The molecule has 138 valence electrons. The van der Waals surface area contributed by atoms with Gasteiger partial charge in [0.2, 0.25) is 5.91 Å². The highest BCUT2D eigenvalue weighted by molar-refractivity contribution is 5.84. The Kier molecular flexibility index (Phi) is 6.91. The summed E-state index contributed by atoms with van der Waals surface area (Å²) in [7, 11) is 1.49. The average molecular weight is 367 g/mol. The van der Waals surface area contributed by atoms with Crippen LogP contribution in [0.5, 0.6) is 11.5 Å². The van der Waals surface area contributed by atoms with Gasteiger partial charge in [-0.3, -0.25) is 14.9 Å². The number of nitro benzene ring substituents is 1. The van der Waals surface area contributed by atoms with Crippen molar-refractivity contribution in [3.63, 3.8) is 0 Å². The Morgan fingerprint density at radius 2 is 2.11 bits per heavy atom. The van der Waals surface area contributed by atoms with Crippen LogP contribution in [0.4, 0.5) is 5.69 Å². The Balaban J connectivity index is 2.00. The predicted octanol–water partition coefficient (Wildman–Crippen LogP) is 2.31. The number of carbonyl (C=O) groups excluding carboxylic acids is 1. The lowest BCUT2D eigenvalue weighted by atomic mass is 10.1. The monoisotopic (exact) mass is 367 g/mol. The zero-order chi connectivity index (χ0) is 19.6. The Morgan fingerprint density at radius 3 is 2.81 bits per heavy atom. The van der Waals surface area contributed by atoms with Gasteiger partial charge in [0.15, 0.2) is 11.5 Å². The first kappa shape index (κ1) is 19.5. The van der Waals surface area contributed by atoms with Crippen LogP contribution in [0.2, 0.25) is 0 Å². The van der Waals surface area contributed by atoms with Gasteiger partial charge in [-0.05, 0) is 23.8 Å². The fourth-order valence-electron chi connectivity index (χ4n) is 2.23. The van der Waals surface area contributed by atoms with E-state index in [0.717, 1.165) is 0 Å². The third-order valence-corrected chi connectivity index (χ3v) is 3.44. The van der Waals surface area contributed by atoms with E-state index in [1.807, 2.05) is 0 Å². The molecule has 0 spiro atoms. The van der Waals surface area contributed by atoms with Crippen molar-refractivity contribution >= 4 is 17.8 Å². The molecule has 1 amide bonds. The maximum atomic E-state index is 12.0. The molecule has 0 radical (unpaired) electrons. The van der Waals surface area contributed by atoms with Crippen LogP contribution in [0.25, 0.3) is 0 Å². The molecule has 0 saturated carbocycles. The molecule has 0 atom stereocenters. The van der Waals surface area contributed by atoms with Gasteiger partial charge in [-0.1, -0.05) is 24.1 Å². The molecule has 0 unspecified atom stereocenters. The van der Waals surface area contributed by atoms with Crippen molar-refractivity contribution in [3.8, 4) is 23.8 Å².